The van der Waals surface area contributed by atoms with Crippen LogP contribution < -0.4 is 15.4 Å². The van der Waals surface area contributed by atoms with E-state index in [1.54, 1.807) is 18.4 Å². The summed E-state index contributed by atoms with van der Waals surface area (Å²) in [5, 5.41) is 7.67. The summed E-state index contributed by atoms with van der Waals surface area (Å²) in [4.78, 5) is 14.5. The molecule has 1 fully saturated rings. The molecule has 0 bridgehead atoms. The second-order valence-electron chi connectivity index (χ2n) is 6.56. The number of nitrogens with zero attached hydrogens (tertiary/aromatic N) is 3. The van der Waals surface area contributed by atoms with Gasteiger partial charge in [0.2, 0.25) is 5.88 Å². The molecule has 0 aliphatic heterocycles. The molecule has 1 aliphatic carbocycles. The van der Waals surface area contributed by atoms with Crippen LogP contribution in [-0.4, -0.2) is 29.1 Å². The van der Waals surface area contributed by atoms with Crippen molar-refractivity contribution in [3.05, 3.63) is 39.5 Å². The van der Waals surface area contributed by atoms with Crippen LogP contribution in [0.5, 0.6) is 5.88 Å². The molecule has 140 valence electrons. The summed E-state index contributed by atoms with van der Waals surface area (Å²) in [5.41, 5.74) is 2.19. The van der Waals surface area contributed by atoms with Gasteiger partial charge in [-0.3, -0.25) is 4.99 Å². The van der Waals surface area contributed by atoms with E-state index in [0.29, 0.717) is 19.2 Å². The molecule has 2 aromatic rings. The third kappa shape index (κ3) is 5.17. The van der Waals surface area contributed by atoms with Crippen molar-refractivity contribution in [2.45, 2.75) is 58.7 Å². The van der Waals surface area contributed by atoms with E-state index < -0.39 is 0 Å². The molecule has 0 spiro atoms. The molecule has 7 heteroatoms. The number of hydrogen-bond acceptors (Lipinski definition) is 5. The van der Waals surface area contributed by atoms with Crippen molar-refractivity contribution in [3.63, 3.8) is 0 Å². The number of pyridine rings is 1. The SMILES string of the molecule is CN=C(NCc1ccc(OC2CCCC2)nc1)NCc1nc(C)c(C)s1. The van der Waals surface area contributed by atoms with Crippen LogP contribution in [-0.2, 0) is 13.1 Å². The fraction of sp³-hybridized carbons (Fsp3) is 0.526. The molecule has 0 amide bonds. The van der Waals surface area contributed by atoms with Crippen LogP contribution in [0.1, 0.15) is 46.8 Å². The van der Waals surface area contributed by atoms with E-state index in [1.165, 1.54) is 17.7 Å². The van der Waals surface area contributed by atoms with Gasteiger partial charge in [-0.1, -0.05) is 6.07 Å². The van der Waals surface area contributed by atoms with E-state index >= 15 is 0 Å². The standard InChI is InChI=1S/C19H27N5OS/c1-13-14(2)26-18(24-13)12-23-19(20-3)22-11-15-8-9-17(21-10-15)25-16-6-4-5-7-16/h8-10,16H,4-7,11-12H2,1-3H3,(H2,20,22,23). The van der Waals surface area contributed by atoms with Gasteiger partial charge in [-0.2, -0.15) is 0 Å². The molecule has 2 heterocycles. The normalized spacial score (nSPS) is 15.3. The molecule has 6 nitrogen and oxygen atoms in total. The van der Waals surface area contributed by atoms with Crippen LogP contribution in [0.2, 0.25) is 0 Å². The van der Waals surface area contributed by atoms with Crippen molar-refractivity contribution in [2.24, 2.45) is 4.99 Å². The fourth-order valence-corrected chi connectivity index (χ4v) is 3.82. The lowest BCUT2D eigenvalue weighted by atomic mass is 10.3. The highest BCUT2D eigenvalue weighted by molar-refractivity contribution is 7.11. The number of rotatable bonds is 6. The van der Waals surface area contributed by atoms with Crippen molar-refractivity contribution in [2.75, 3.05) is 7.05 Å². The first-order chi connectivity index (χ1) is 12.6. The van der Waals surface area contributed by atoms with E-state index in [9.17, 15) is 0 Å². The minimum Gasteiger partial charge on any atom is -0.474 e. The Morgan fingerprint density at radius 3 is 2.62 bits per heavy atom. The number of aromatic nitrogens is 2. The Morgan fingerprint density at radius 1 is 1.23 bits per heavy atom. The number of aryl methyl sites for hydroxylation is 2. The zero-order valence-electron chi connectivity index (χ0n) is 15.7. The summed E-state index contributed by atoms with van der Waals surface area (Å²) < 4.78 is 5.90. The van der Waals surface area contributed by atoms with Gasteiger partial charge in [0.25, 0.3) is 0 Å². The van der Waals surface area contributed by atoms with Crippen molar-refractivity contribution in [3.8, 4) is 5.88 Å². The van der Waals surface area contributed by atoms with Gasteiger partial charge in [-0.15, -0.1) is 11.3 Å². The summed E-state index contributed by atoms with van der Waals surface area (Å²) in [7, 11) is 1.77. The predicted octanol–water partition coefficient (Wildman–Crippen LogP) is 3.34. The van der Waals surface area contributed by atoms with Gasteiger partial charge in [-0.05, 0) is 45.1 Å². The lowest BCUT2D eigenvalue weighted by molar-refractivity contribution is 0.201. The molecule has 0 unspecified atom stereocenters. The maximum Gasteiger partial charge on any atom is 0.213 e. The van der Waals surface area contributed by atoms with Crippen LogP contribution >= 0.6 is 11.3 Å². The Balaban J connectivity index is 1.45. The fourth-order valence-electron chi connectivity index (χ4n) is 2.94. The Labute approximate surface area is 159 Å². The summed E-state index contributed by atoms with van der Waals surface area (Å²) >= 11 is 1.72. The summed E-state index contributed by atoms with van der Waals surface area (Å²) in [6.07, 6.45) is 7.01. The number of ether oxygens (including phenoxy) is 1. The van der Waals surface area contributed by atoms with E-state index in [1.807, 2.05) is 25.3 Å². The van der Waals surface area contributed by atoms with Crippen LogP contribution in [0, 0.1) is 13.8 Å². The van der Waals surface area contributed by atoms with E-state index in [4.69, 9.17) is 4.74 Å². The van der Waals surface area contributed by atoms with Crippen LogP contribution in [0.25, 0.3) is 0 Å². The predicted molar refractivity (Wildman–Crippen MR) is 106 cm³/mol. The highest BCUT2D eigenvalue weighted by Gasteiger charge is 2.16. The average molecular weight is 374 g/mol. The molecule has 0 aromatic carbocycles. The van der Waals surface area contributed by atoms with Gasteiger partial charge in [0.15, 0.2) is 5.96 Å². The number of hydrogen-bond donors (Lipinski definition) is 2. The van der Waals surface area contributed by atoms with Crippen molar-refractivity contribution in [1.29, 1.82) is 0 Å². The molecular weight excluding hydrogens is 346 g/mol. The summed E-state index contributed by atoms with van der Waals surface area (Å²) in [5.74, 6) is 1.47. The largest absolute Gasteiger partial charge is 0.474 e. The average Bonchev–Trinajstić information content (AvgIpc) is 3.26. The maximum atomic E-state index is 5.90. The Morgan fingerprint density at radius 2 is 2.00 bits per heavy atom. The van der Waals surface area contributed by atoms with Crippen LogP contribution in [0.3, 0.4) is 0 Å². The lowest BCUT2D eigenvalue weighted by Crippen LogP contribution is -2.36. The van der Waals surface area contributed by atoms with E-state index in [2.05, 4.69) is 32.5 Å². The molecule has 2 aromatic heterocycles. The molecule has 1 saturated carbocycles. The quantitative estimate of drug-likeness (QED) is 0.600. The highest BCUT2D eigenvalue weighted by atomic mass is 32.1. The second-order valence-corrected chi connectivity index (χ2v) is 7.85. The molecule has 0 saturated heterocycles. The molecule has 1 aliphatic rings. The van der Waals surface area contributed by atoms with Gasteiger partial charge in [-0.25, -0.2) is 9.97 Å². The van der Waals surface area contributed by atoms with E-state index in [0.717, 1.165) is 40.9 Å². The van der Waals surface area contributed by atoms with Crippen molar-refractivity contribution in [1.82, 2.24) is 20.6 Å². The maximum absolute atomic E-state index is 5.90. The highest BCUT2D eigenvalue weighted by Crippen LogP contribution is 2.22. The zero-order valence-corrected chi connectivity index (χ0v) is 16.5. The number of guanidine groups is 1. The van der Waals surface area contributed by atoms with Crippen LogP contribution in [0.4, 0.5) is 0 Å². The number of thiazole rings is 1. The van der Waals surface area contributed by atoms with E-state index in [-0.39, 0.29) is 0 Å². The Kier molecular flexibility index (Phi) is 6.44. The number of nitrogens with one attached hydrogen (secondary N) is 2. The summed E-state index contributed by atoms with van der Waals surface area (Å²) in [6, 6.07) is 4.00. The van der Waals surface area contributed by atoms with Gasteiger partial charge >= 0.3 is 0 Å². The summed E-state index contributed by atoms with van der Waals surface area (Å²) in [6.45, 7) is 5.46. The first-order valence-corrected chi connectivity index (χ1v) is 9.94. The Bertz CT molecular complexity index is 715. The van der Waals surface area contributed by atoms with Gasteiger partial charge in [0, 0.05) is 30.7 Å². The van der Waals surface area contributed by atoms with Crippen molar-refractivity contribution < 1.29 is 4.74 Å². The molecule has 3 rings (SSSR count). The van der Waals surface area contributed by atoms with Gasteiger partial charge < -0.3 is 15.4 Å². The smallest absolute Gasteiger partial charge is 0.213 e. The molecule has 0 atom stereocenters. The monoisotopic (exact) mass is 373 g/mol. The third-order valence-corrected chi connectivity index (χ3v) is 5.62. The Hall–Kier alpha value is -2.15. The van der Waals surface area contributed by atoms with Crippen molar-refractivity contribution >= 4 is 17.3 Å². The van der Waals surface area contributed by atoms with Crippen LogP contribution in [0.15, 0.2) is 23.3 Å². The lowest BCUT2D eigenvalue weighted by Gasteiger charge is -2.13. The minimum absolute atomic E-state index is 0.340. The first-order valence-electron chi connectivity index (χ1n) is 9.13. The molecule has 0 radical (unpaired) electrons. The topological polar surface area (TPSA) is 71.4 Å². The minimum atomic E-state index is 0.340. The van der Waals surface area contributed by atoms with Gasteiger partial charge in [0.1, 0.15) is 11.1 Å². The number of aliphatic imine (C=N–C) groups is 1. The third-order valence-electron chi connectivity index (χ3n) is 4.55. The zero-order chi connectivity index (χ0) is 18.4. The molecule has 2 N–H and O–H groups in total. The second kappa shape index (κ2) is 8.98. The molecular formula is C19H27N5OS. The van der Waals surface area contributed by atoms with Gasteiger partial charge in [0.05, 0.1) is 12.2 Å². The molecule has 26 heavy (non-hydrogen) atoms. The first kappa shape index (κ1) is 18.6.